The SMILES string of the molecule is CCC(CN)(Cc1ccccc1)N(C)CCN1CCCC1. The summed E-state index contributed by atoms with van der Waals surface area (Å²) >= 11 is 0. The van der Waals surface area contributed by atoms with Crippen molar-refractivity contribution < 1.29 is 0 Å². The van der Waals surface area contributed by atoms with Gasteiger partial charge in [-0.15, -0.1) is 0 Å². The van der Waals surface area contributed by atoms with Gasteiger partial charge < -0.3 is 10.6 Å². The Morgan fingerprint density at radius 1 is 1.19 bits per heavy atom. The van der Waals surface area contributed by atoms with E-state index in [2.05, 4.69) is 54.1 Å². The Morgan fingerprint density at radius 3 is 2.43 bits per heavy atom. The fourth-order valence-electron chi connectivity index (χ4n) is 3.41. The molecule has 1 unspecified atom stereocenters. The molecule has 1 aliphatic rings. The molecule has 0 spiro atoms. The Labute approximate surface area is 130 Å². The molecule has 0 amide bonds. The predicted octanol–water partition coefficient (Wildman–Crippen LogP) is 2.36. The zero-order valence-electron chi connectivity index (χ0n) is 13.7. The largest absolute Gasteiger partial charge is 0.329 e. The van der Waals surface area contributed by atoms with Crippen LogP contribution in [0.5, 0.6) is 0 Å². The summed E-state index contributed by atoms with van der Waals surface area (Å²) in [6.45, 7) is 7.81. The van der Waals surface area contributed by atoms with Crippen molar-refractivity contribution in [3.05, 3.63) is 35.9 Å². The van der Waals surface area contributed by atoms with Gasteiger partial charge in [-0.25, -0.2) is 0 Å². The van der Waals surface area contributed by atoms with E-state index >= 15 is 0 Å². The number of nitrogens with two attached hydrogens (primary N) is 1. The molecule has 1 heterocycles. The van der Waals surface area contributed by atoms with Crippen LogP contribution in [0.3, 0.4) is 0 Å². The Balaban J connectivity index is 1.97. The van der Waals surface area contributed by atoms with Crippen LogP contribution in [-0.2, 0) is 6.42 Å². The van der Waals surface area contributed by atoms with Gasteiger partial charge in [-0.1, -0.05) is 37.3 Å². The summed E-state index contributed by atoms with van der Waals surface area (Å²) < 4.78 is 0. The molecular formula is C18H31N3. The summed E-state index contributed by atoms with van der Waals surface area (Å²) in [4.78, 5) is 5.08. The molecule has 1 fully saturated rings. The second-order valence-electron chi connectivity index (χ2n) is 6.41. The van der Waals surface area contributed by atoms with E-state index in [0.717, 1.165) is 25.9 Å². The lowest BCUT2D eigenvalue weighted by Crippen LogP contribution is -2.55. The van der Waals surface area contributed by atoms with Crippen LogP contribution >= 0.6 is 0 Å². The molecule has 2 N–H and O–H groups in total. The van der Waals surface area contributed by atoms with Crippen molar-refractivity contribution in [2.24, 2.45) is 5.73 Å². The number of benzene rings is 1. The number of nitrogens with zero attached hydrogens (tertiary/aromatic N) is 2. The molecule has 21 heavy (non-hydrogen) atoms. The minimum atomic E-state index is 0.0844. The maximum absolute atomic E-state index is 6.20. The Kier molecular flexibility index (Phi) is 6.22. The highest BCUT2D eigenvalue weighted by Crippen LogP contribution is 2.23. The topological polar surface area (TPSA) is 32.5 Å². The molecule has 0 aromatic heterocycles. The van der Waals surface area contributed by atoms with Gasteiger partial charge in [-0.05, 0) is 51.4 Å². The molecule has 118 valence electrons. The fourth-order valence-corrected chi connectivity index (χ4v) is 3.41. The molecule has 1 aromatic rings. The Bertz CT molecular complexity index is 394. The van der Waals surface area contributed by atoms with Crippen molar-refractivity contribution in [2.75, 3.05) is 39.8 Å². The molecule has 0 bridgehead atoms. The van der Waals surface area contributed by atoms with Crippen LogP contribution in [0, 0.1) is 0 Å². The third kappa shape index (κ3) is 4.29. The first-order valence-corrected chi connectivity index (χ1v) is 8.38. The van der Waals surface area contributed by atoms with Crippen LogP contribution in [0.15, 0.2) is 30.3 Å². The van der Waals surface area contributed by atoms with Crippen LogP contribution in [-0.4, -0.2) is 55.1 Å². The van der Waals surface area contributed by atoms with E-state index < -0.39 is 0 Å². The summed E-state index contributed by atoms with van der Waals surface area (Å²) in [7, 11) is 2.25. The molecule has 0 aliphatic carbocycles. The van der Waals surface area contributed by atoms with Crippen molar-refractivity contribution in [2.45, 2.75) is 38.1 Å². The van der Waals surface area contributed by atoms with E-state index in [1.165, 1.54) is 38.0 Å². The second-order valence-corrected chi connectivity index (χ2v) is 6.41. The quantitative estimate of drug-likeness (QED) is 0.797. The average molecular weight is 289 g/mol. The van der Waals surface area contributed by atoms with Crippen LogP contribution in [0.2, 0.25) is 0 Å². The minimum absolute atomic E-state index is 0.0844. The lowest BCUT2D eigenvalue weighted by Gasteiger charge is -2.41. The molecular weight excluding hydrogens is 258 g/mol. The Morgan fingerprint density at radius 2 is 1.86 bits per heavy atom. The number of likely N-dealkylation sites (tertiary alicyclic amines) is 1. The fraction of sp³-hybridized carbons (Fsp3) is 0.667. The van der Waals surface area contributed by atoms with Crippen molar-refractivity contribution >= 4 is 0 Å². The molecule has 1 saturated heterocycles. The normalized spacial score (nSPS) is 19.0. The van der Waals surface area contributed by atoms with E-state index in [1.54, 1.807) is 0 Å². The summed E-state index contributed by atoms with van der Waals surface area (Å²) in [6.07, 6.45) is 4.86. The average Bonchev–Trinajstić information content (AvgIpc) is 3.05. The van der Waals surface area contributed by atoms with Crippen molar-refractivity contribution in [3.8, 4) is 0 Å². The molecule has 3 heteroatoms. The van der Waals surface area contributed by atoms with Crippen LogP contribution in [0.25, 0.3) is 0 Å². The van der Waals surface area contributed by atoms with Gasteiger partial charge in [0, 0.05) is 25.2 Å². The van der Waals surface area contributed by atoms with Gasteiger partial charge in [0.25, 0.3) is 0 Å². The van der Waals surface area contributed by atoms with Gasteiger partial charge in [-0.3, -0.25) is 4.90 Å². The summed E-state index contributed by atoms with van der Waals surface area (Å²) in [5, 5.41) is 0. The highest BCUT2D eigenvalue weighted by molar-refractivity contribution is 5.18. The molecule has 0 saturated carbocycles. The van der Waals surface area contributed by atoms with E-state index in [0.29, 0.717) is 0 Å². The van der Waals surface area contributed by atoms with Crippen molar-refractivity contribution in [1.29, 1.82) is 0 Å². The lowest BCUT2D eigenvalue weighted by molar-refractivity contribution is 0.107. The third-order valence-corrected chi connectivity index (χ3v) is 5.17. The first kappa shape index (κ1) is 16.5. The Hall–Kier alpha value is -0.900. The molecule has 1 atom stereocenters. The first-order valence-electron chi connectivity index (χ1n) is 8.38. The highest BCUT2D eigenvalue weighted by Gasteiger charge is 2.31. The monoisotopic (exact) mass is 289 g/mol. The van der Waals surface area contributed by atoms with Crippen molar-refractivity contribution in [1.82, 2.24) is 9.80 Å². The molecule has 3 nitrogen and oxygen atoms in total. The number of hydrogen-bond acceptors (Lipinski definition) is 3. The van der Waals surface area contributed by atoms with Gasteiger partial charge >= 0.3 is 0 Å². The smallest absolute Gasteiger partial charge is 0.0366 e. The lowest BCUT2D eigenvalue weighted by atomic mass is 9.86. The predicted molar refractivity (Wildman–Crippen MR) is 90.5 cm³/mol. The second kappa shape index (κ2) is 7.92. The van der Waals surface area contributed by atoms with E-state index in [-0.39, 0.29) is 5.54 Å². The van der Waals surface area contributed by atoms with Gasteiger partial charge in [0.05, 0.1) is 0 Å². The van der Waals surface area contributed by atoms with E-state index in [1.807, 2.05) is 0 Å². The van der Waals surface area contributed by atoms with Crippen LogP contribution in [0.4, 0.5) is 0 Å². The number of likely N-dealkylation sites (N-methyl/N-ethyl adjacent to an activating group) is 1. The summed E-state index contributed by atoms with van der Waals surface area (Å²) in [5.74, 6) is 0. The van der Waals surface area contributed by atoms with Crippen molar-refractivity contribution in [3.63, 3.8) is 0 Å². The number of hydrogen-bond donors (Lipinski definition) is 1. The summed E-state index contributed by atoms with van der Waals surface area (Å²) in [6, 6.07) is 10.8. The van der Waals surface area contributed by atoms with E-state index in [4.69, 9.17) is 5.73 Å². The van der Waals surface area contributed by atoms with Gasteiger partial charge in [0.2, 0.25) is 0 Å². The highest BCUT2D eigenvalue weighted by atomic mass is 15.2. The summed E-state index contributed by atoms with van der Waals surface area (Å²) in [5.41, 5.74) is 7.67. The van der Waals surface area contributed by atoms with E-state index in [9.17, 15) is 0 Å². The molecule has 1 aliphatic heterocycles. The molecule has 2 rings (SSSR count). The van der Waals surface area contributed by atoms with Gasteiger partial charge in [-0.2, -0.15) is 0 Å². The minimum Gasteiger partial charge on any atom is -0.329 e. The zero-order valence-corrected chi connectivity index (χ0v) is 13.7. The first-order chi connectivity index (χ1) is 10.2. The molecule has 0 radical (unpaired) electrons. The maximum Gasteiger partial charge on any atom is 0.0366 e. The number of rotatable bonds is 8. The van der Waals surface area contributed by atoms with Crippen LogP contribution < -0.4 is 5.73 Å². The van der Waals surface area contributed by atoms with Crippen LogP contribution in [0.1, 0.15) is 31.7 Å². The standard InChI is InChI=1S/C18H31N3/c1-3-18(16-19,15-17-9-5-4-6-10-17)20(2)13-14-21-11-7-8-12-21/h4-6,9-10H,3,7-8,11-16,19H2,1-2H3. The van der Waals surface area contributed by atoms with Gasteiger partial charge in [0.15, 0.2) is 0 Å². The molecule has 1 aromatic carbocycles. The third-order valence-electron chi connectivity index (χ3n) is 5.17. The van der Waals surface area contributed by atoms with Gasteiger partial charge in [0.1, 0.15) is 0 Å². The zero-order chi connectivity index (χ0) is 15.1. The maximum atomic E-state index is 6.20.